The third-order valence-corrected chi connectivity index (χ3v) is 2.22. The Hall–Kier alpha value is -1.88. The molecule has 0 spiro atoms. The van der Waals surface area contributed by atoms with Crippen molar-refractivity contribution < 1.29 is 9.52 Å². The van der Waals surface area contributed by atoms with Crippen LogP contribution in [-0.4, -0.2) is 22.1 Å². The summed E-state index contributed by atoms with van der Waals surface area (Å²) < 4.78 is 4.99. The van der Waals surface area contributed by atoms with Gasteiger partial charge in [-0.1, -0.05) is 0 Å². The summed E-state index contributed by atoms with van der Waals surface area (Å²) in [6, 6.07) is 1.90. The smallest absolute Gasteiger partial charge is 0.147 e. The van der Waals surface area contributed by atoms with Gasteiger partial charge in [-0.2, -0.15) is 0 Å². The fourth-order valence-electron chi connectivity index (χ4n) is 1.39. The lowest BCUT2D eigenvalue weighted by atomic mass is 10.3. The molecule has 16 heavy (non-hydrogen) atoms. The van der Waals surface area contributed by atoms with Crippen LogP contribution in [0.4, 0.5) is 5.82 Å². The van der Waals surface area contributed by atoms with Gasteiger partial charge in [0.15, 0.2) is 0 Å². The Balaban J connectivity index is 2.11. The predicted molar refractivity (Wildman–Crippen MR) is 58.8 cm³/mol. The quantitative estimate of drug-likeness (QED) is 0.837. The molecule has 5 nitrogen and oxygen atoms in total. The lowest BCUT2D eigenvalue weighted by Gasteiger charge is -2.16. The zero-order chi connectivity index (χ0) is 11.4. The van der Waals surface area contributed by atoms with E-state index in [-0.39, 0.29) is 6.61 Å². The summed E-state index contributed by atoms with van der Waals surface area (Å²) in [5.41, 5.74) is 1.63. The van der Waals surface area contributed by atoms with E-state index in [1.807, 2.05) is 18.0 Å². The molecule has 0 saturated heterocycles. The molecular weight excluding hydrogens is 206 g/mol. The Labute approximate surface area is 93.4 Å². The first-order valence-electron chi connectivity index (χ1n) is 4.93. The van der Waals surface area contributed by atoms with E-state index in [4.69, 9.17) is 9.52 Å². The fraction of sp³-hybridized carbons (Fsp3) is 0.273. The molecule has 0 amide bonds. The molecule has 0 bridgehead atoms. The van der Waals surface area contributed by atoms with Crippen LogP contribution < -0.4 is 4.90 Å². The first kappa shape index (κ1) is 10.6. The number of aliphatic hydroxyl groups is 1. The molecule has 0 aliphatic carbocycles. The van der Waals surface area contributed by atoms with Gasteiger partial charge in [-0.3, -0.25) is 4.98 Å². The molecule has 5 heteroatoms. The van der Waals surface area contributed by atoms with Gasteiger partial charge in [0.2, 0.25) is 0 Å². The zero-order valence-corrected chi connectivity index (χ0v) is 9.00. The minimum absolute atomic E-state index is 0.0968. The number of furan rings is 1. The molecule has 0 aliphatic heterocycles. The van der Waals surface area contributed by atoms with Crippen LogP contribution in [0.3, 0.4) is 0 Å². The molecule has 0 saturated carbocycles. The summed E-state index contributed by atoms with van der Waals surface area (Å²) in [6.07, 6.45) is 6.55. The van der Waals surface area contributed by atoms with Crippen LogP contribution >= 0.6 is 0 Å². The summed E-state index contributed by atoms with van der Waals surface area (Å²) >= 11 is 0. The van der Waals surface area contributed by atoms with Crippen LogP contribution in [-0.2, 0) is 13.2 Å². The number of rotatable bonds is 4. The molecule has 2 heterocycles. The average Bonchev–Trinajstić information content (AvgIpc) is 2.82. The number of hydrogen-bond donors (Lipinski definition) is 1. The van der Waals surface area contributed by atoms with E-state index < -0.39 is 0 Å². The van der Waals surface area contributed by atoms with E-state index in [1.165, 1.54) is 0 Å². The van der Waals surface area contributed by atoms with Gasteiger partial charge in [-0.05, 0) is 6.07 Å². The molecule has 0 unspecified atom stereocenters. The highest BCUT2D eigenvalue weighted by molar-refractivity contribution is 5.36. The van der Waals surface area contributed by atoms with Gasteiger partial charge >= 0.3 is 0 Å². The summed E-state index contributed by atoms with van der Waals surface area (Å²) in [6.45, 7) is 0.598. The van der Waals surface area contributed by atoms with E-state index in [0.717, 1.165) is 11.4 Å². The van der Waals surface area contributed by atoms with Gasteiger partial charge in [0.25, 0.3) is 0 Å². The van der Waals surface area contributed by atoms with Crippen molar-refractivity contribution >= 4 is 5.82 Å². The standard InChI is InChI=1S/C11H13N3O2/c1-14(6-9-2-3-16-8-9)11-5-12-4-10(7-15)13-11/h2-5,8,15H,6-7H2,1H3. The largest absolute Gasteiger partial charge is 0.472 e. The lowest BCUT2D eigenvalue weighted by molar-refractivity contribution is 0.276. The van der Waals surface area contributed by atoms with Gasteiger partial charge in [-0.25, -0.2) is 4.98 Å². The van der Waals surface area contributed by atoms with Crippen LogP contribution in [0.25, 0.3) is 0 Å². The van der Waals surface area contributed by atoms with E-state index in [0.29, 0.717) is 12.2 Å². The molecule has 84 valence electrons. The second-order valence-corrected chi connectivity index (χ2v) is 3.51. The van der Waals surface area contributed by atoms with Gasteiger partial charge in [0, 0.05) is 19.2 Å². The summed E-state index contributed by atoms with van der Waals surface area (Å²) in [5.74, 6) is 0.729. The van der Waals surface area contributed by atoms with Crippen molar-refractivity contribution in [3.63, 3.8) is 0 Å². The lowest BCUT2D eigenvalue weighted by Crippen LogP contribution is -2.18. The minimum atomic E-state index is -0.0968. The molecular formula is C11H13N3O2. The average molecular weight is 219 g/mol. The Morgan fingerprint density at radius 2 is 2.31 bits per heavy atom. The molecule has 2 aromatic heterocycles. The Kier molecular flexibility index (Phi) is 3.16. The van der Waals surface area contributed by atoms with Crippen molar-refractivity contribution in [3.05, 3.63) is 42.2 Å². The van der Waals surface area contributed by atoms with Crippen LogP contribution in [0, 0.1) is 0 Å². The normalized spacial score (nSPS) is 10.4. The summed E-state index contributed by atoms with van der Waals surface area (Å²) in [4.78, 5) is 10.2. The fourth-order valence-corrected chi connectivity index (χ4v) is 1.39. The van der Waals surface area contributed by atoms with Crippen LogP contribution in [0.5, 0.6) is 0 Å². The maximum Gasteiger partial charge on any atom is 0.147 e. The Morgan fingerprint density at radius 1 is 1.44 bits per heavy atom. The predicted octanol–water partition coefficient (Wildman–Crippen LogP) is 1.20. The van der Waals surface area contributed by atoms with Crippen molar-refractivity contribution in [1.82, 2.24) is 9.97 Å². The molecule has 2 rings (SSSR count). The number of aromatic nitrogens is 2. The van der Waals surface area contributed by atoms with E-state index >= 15 is 0 Å². The van der Waals surface area contributed by atoms with Crippen LogP contribution in [0.2, 0.25) is 0 Å². The molecule has 1 N–H and O–H groups in total. The van der Waals surface area contributed by atoms with Crippen molar-refractivity contribution in [3.8, 4) is 0 Å². The van der Waals surface area contributed by atoms with E-state index in [1.54, 1.807) is 24.9 Å². The van der Waals surface area contributed by atoms with Crippen LogP contribution in [0.15, 0.2) is 35.4 Å². The molecule has 0 atom stereocenters. The maximum atomic E-state index is 8.96. The summed E-state index contributed by atoms with van der Waals surface area (Å²) in [7, 11) is 1.91. The van der Waals surface area contributed by atoms with E-state index in [2.05, 4.69) is 9.97 Å². The highest BCUT2D eigenvalue weighted by Crippen LogP contribution is 2.12. The monoisotopic (exact) mass is 219 g/mol. The number of nitrogens with zero attached hydrogens (tertiary/aromatic N) is 3. The maximum absolute atomic E-state index is 8.96. The number of hydrogen-bond acceptors (Lipinski definition) is 5. The Bertz CT molecular complexity index is 442. The first-order chi connectivity index (χ1) is 7.79. The Morgan fingerprint density at radius 3 is 3.00 bits per heavy atom. The first-order valence-corrected chi connectivity index (χ1v) is 4.93. The second-order valence-electron chi connectivity index (χ2n) is 3.51. The van der Waals surface area contributed by atoms with Crippen molar-refractivity contribution in [2.45, 2.75) is 13.2 Å². The molecule has 2 aromatic rings. The van der Waals surface area contributed by atoms with Gasteiger partial charge in [-0.15, -0.1) is 0 Å². The van der Waals surface area contributed by atoms with Gasteiger partial charge < -0.3 is 14.4 Å². The molecule has 0 aliphatic rings. The molecule has 0 radical (unpaired) electrons. The minimum Gasteiger partial charge on any atom is -0.472 e. The highest BCUT2D eigenvalue weighted by atomic mass is 16.3. The van der Waals surface area contributed by atoms with Gasteiger partial charge in [0.05, 0.1) is 37.2 Å². The summed E-state index contributed by atoms with van der Waals surface area (Å²) in [5, 5.41) is 8.96. The van der Waals surface area contributed by atoms with Crippen LogP contribution in [0.1, 0.15) is 11.3 Å². The third-order valence-electron chi connectivity index (χ3n) is 2.22. The molecule has 0 aromatic carbocycles. The highest BCUT2D eigenvalue weighted by Gasteiger charge is 2.05. The second kappa shape index (κ2) is 4.76. The van der Waals surface area contributed by atoms with Crippen molar-refractivity contribution in [2.75, 3.05) is 11.9 Å². The molecule has 0 fully saturated rings. The topological polar surface area (TPSA) is 62.4 Å². The number of aliphatic hydroxyl groups excluding tert-OH is 1. The van der Waals surface area contributed by atoms with E-state index in [9.17, 15) is 0 Å². The zero-order valence-electron chi connectivity index (χ0n) is 9.00. The third kappa shape index (κ3) is 2.38. The SMILES string of the molecule is CN(Cc1ccoc1)c1cncc(CO)n1. The van der Waals surface area contributed by atoms with Gasteiger partial charge in [0.1, 0.15) is 5.82 Å². The van der Waals surface area contributed by atoms with Crippen molar-refractivity contribution in [1.29, 1.82) is 0 Å². The number of anilines is 1. The van der Waals surface area contributed by atoms with Crippen molar-refractivity contribution in [2.24, 2.45) is 0 Å².